The number of halogens is 2. The van der Waals surface area contributed by atoms with Gasteiger partial charge in [-0.3, -0.25) is 0 Å². The molecular weight excluding hydrogens is 895 g/mol. The third kappa shape index (κ3) is 8.57. The van der Waals surface area contributed by atoms with Gasteiger partial charge in [0.05, 0.1) is 33.2 Å². The first-order valence-electron chi connectivity index (χ1n) is 25.2. The molecule has 2 aliphatic rings. The van der Waals surface area contributed by atoms with Crippen molar-refractivity contribution in [1.29, 1.82) is 0 Å². The predicted molar refractivity (Wildman–Crippen MR) is 282 cm³/mol. The lowest BCUT2D eigenvalue weighted by Crippen LogP contribution is -2.27. The van der Waals surface area contributed by atoms with Crippen LogP contribution in [0.5, 0.6) is 0 Å². The molecule has 0 aliphatic heterocycles. The zero-order chi connectivity index (χ0) is 46.0. The highest BCUT2D eigenvalue weighted by Crippen LogP contribution is 2.63. The second-order valence-electron chi connectivity index (χ2n) is 19.5. The number of unbranched alkanes of at least 4 members (excludes halogenated alkanes) is 12. The van der Waals surface area contributed by atoms with E-state index >= 15 is 4.39 Å². The van der Waals surface area contributed by atoms with Gasteiger partial charge >= 0.3 is 0 Å². The monoisotopic (exact) mass is 960 g/mol. The van der Waals surface area contributed by atoms with Gasteiger partial charge in [-0.25, -0.2) is 8.78 Å². The first-order valence-corrected chi connectivity index (χ1v) is 28.3. The summed E-state index contributed by atoms with van der Waals surface area (Å²) in [5.74, 6) is -0.566. The molecule has 4 aromatic heterocycles. The average Bonchev–Trinajstić information content (AvgIpc) is 4.18. The molecule has 0 bridgehead atoms. The molecule has 0 saturated carbocycles. The van der Waals surface area contributed by atoms with Crippen LogP contribution >= 0.6 is 46.1 Å². The maximum atomic E-state index is 16.1. The Morgan fingerprint density at radius 1 is 0.455 bits per heavy atom. The molecule has 10 heteroatoms. The predicted octanol–water partition coefficient (Wildman–Crippen LogP) is 19.0. The van der Waals surface area contributed by atoms with Crippen LogP contribution in [0.15, 0.2) is 36.4 Å². The second-order valence-corrected chi connectivity index (χ2v) is 22.9. The molecule has 0 atom stereocenters. The maximum absolute atomic E-state index is 16.1. The zero-order valence-corrected chi connectivity index (χ0v) is 43.2. The third-order valence-electron chi connectivity index (χ3n) is 15.1. The number of nitrogens with zero attached hydrogens (tertiary/aromatic N) is 4. The van der Waals surface area contributed by atoms with E-state index in [-0.39, 0.29) is 22.5 Å². The van der Waals surface area contributed by atoms with Gasteiger partial charge in [0.2, 0.25) is 0 Å². The summed E-state index contributed by atoms with van der Waals surface area (Å²) in [6.45, 7) is 13.4. The number of thiophene rings is 2. The van der Waals surface area contributed by atoms with Gasteiger partial charge < -0.3 is 0 Å². The van der Waals surface area contributed by atoms with E-state index in [2.05, 4.69) is 58.9 Å². The fraction of sp³-hybridized carbons (Fsp3) is 0.500. The molecule has 348 valence electrons. The molecule has 0 saturated heterocycles. The highest BCUT2D eigenvalue weighted by atomic mass is 32.1. The summed E-state index contributed by atoms with van der Waals surface area (Å²) in [7, 11) is 0. The van der Waals surface area contributed by atoms with Crippen molar-refractivity contribution in [1.82, 2.24) is 17.5 Å². The van der Waals surface area contributed by atoms with Crippen LogP contribution in [0.3, 0.4) is 0 Å². The Hall–Kier alpha value is -3.70. The molecule has 4 heterocycles. The fourth-order valence-electron chi connectivity index (χ4n) is 11.8. The average molecular weight is 961 g/mol. The number of hydrogen-bond acceptors (Lipinski definition) is 8. The largest absolute Gasteiger partial charge is 0.205 e. The van der Waals surface area contributed by atoms with E-state index in [9.17, 15) is 4.39 Å². The van der Waals surface area contributed by atoms with Crippen LogP contribution in [0.4, 0.5) is 8.78 Å². The van der Waals surface area contributed by atoms with E-state index in [1.165, 1.54) is 192 Å². The first kappa shape index (κ1) is 47.4. The molecule has 0 spiro atoms. The van der Waals surface area contributed by atoms with Crippen molar-refractivity contribution < 1.29 is 8.78 Å². The summed E-state index contributed by atoms with van der Waals surface area (Å²) in [6.07, 6.45) is 27.1. The standard InChI is InChI=1S/C56H66F2N4S4/c1-7-11-15-19-25-55(26-20-16-12-8-2)40-32-38-41(31-37(40)49-42(55)29-35(5)51-53(49)61-65-59-51)56(27-21-17-13-9-3,28-22-18-14-10-4)43-33-39(52-54(50(38)43)62-66-60-52)48-34-45(58)47(64-48)24-23-46-44(57)30-36(6)63-46/h23-24,29-34H,7-22,25-28H2,1-6H3/b24-23+. The summed E-state index contributed by atoms with van der Waals surface area (Å²) in [5, 5.41) is 0. The van der Waals surface area contributed by atoms with Crippen molar-refractivity contribution >= 4 is 80.3 Å². The zero-order valence-electron chi connectivity index (χ0n) is 39.9. The van der Waals surface area contributed by atoms with Crippen LogP contribution < -0.4 is 0 Å². The summed E-state index contributed by atoms with van der Waals surface area (Å²) >= 11 is 5.42. The molecule has 0 radical (unpaired) electrons. The molecular formula is C56H66F2N4S4. The van der Waals surface area contributed by atoms with Gasteiger partial charge in [0.15, 0.2) is 0 Å². The van der Waals surface area contributed by atoms with E-state index in [1.807, 2.05) is 6.92 Å². The van der Waals surface area contributed by atoms with E-state index in [0.717, 1.165) is 75.9 Å². The molecule has 7 aromatic rings. The topological polar surface area (TPSA) is 51.6 Å². The Morgan fingerprint density at radius 2 is 0.879 bits per heavy atom. The Balaban J connectivity index is 1.29. The molecule has 0 unspecified atom stereocenters. The van der Waals surface area contributed by atoms with Gasteiger partial charge in [-0.2, -0.15) is 17.5 Å². The summed E-state index contributed by atoms with van der Waals surface area (Å²) in [4.78, 5) is 2.73. The molecule has 4 nitrogen and oxygen atoms in total. The van der Waals surface area contributed by atoms with Crippen molar-refractivity contribution in [2.24, 2.45) is 0 Å². The molecule has 66 heavy (non-hydrogen) atoms. The lowest BCUT2D eigenvalue weighted by Gasteiger charge is -2.35. The normalized spacial score (nSPS) is 14.5. The van der Waals surface area contributed by atoms with Crippen LogP contribution in [0, 0.1) is 25.5 Å². The minimum Gasteiger partial charge on any atom is -0.205 e. The first-order chi connectivity index (χ1) is 32.2. The Labute approximate surface area is 408 Å². The van der Waals surface area contributed by atoms with E-state index in [0.29, 0.717) is 9.75 Å². The number of benzene rings is 3. The van der Waals surface area contributed by atoms with Crippen molar-refractivity contribution in [3.63, 3.8) is 0 Å². The Morgan fingerprint density at radius 3 is 1.36 bits per heavy atom. The molecule has 0 fully saturated rings. The van der Waals surface area contributed by atoms with E-state index in [4.69, 9.17) is 17.5 Å². The van der Waals surface area contributed by atoms with Crippen LogP contribution in [-0.4, -0.2) is 17.5 Å². The molecule has 3 aromatic carbocycles. The number of hydrogen-bond donors (Lipinski definition) is 0. The van der Waals surface area contributed by atoms with Crippen molar-refractivity contribution in [2.75, 3.05) is 0 Å². The lowest BCUT2D eigenvalue weighted by molar-refractivity contribution is 0.397. The minimum atomic E-state index is -0.298. The van der Waals surface area contributed by atoms with Gasteiger partial charge in [-0.1, -0.05) is 136 Å². The van der Waals surface area contributed by atoms with Crippen LogP contribution in [0.25, 0.3) is 66.9 Å². The highest BCUT2D eigenvalue weighted by molar-refractivity contribution is 7.16. The molecule has 0 amide bonds. The fourth-order valence-corrected chi connectivity index (χ4v) is 14.7. The number of aryl methyl sites for hydroxylation is 2. The van der Waals surface area contributed by atoms with Crippen molar-refractivity contribution in [3.05, 3.63) is 90.5 Å². The minimum absolute atomic E-state index is 0.125. The Kier molecular flexibility index (Phi) is 14.7. The highest BCUT2D eigenvalue weighted by Gasteiger charge is 2.50. The van der Waals surface area contributed by atoms with Gasteiger partial charge in [0, 0.05) is 37.3 Å². The van der Waals surface area contributed by atoms with Crippen molar-refractivity contribution in [3.8, 4) is 32.7 Å². The molecule has 9 rings (SSSR count). The van der Waals surface area contributed by atoms with Crippen LogP contribution in [0.1, 0.15) is 199 Å². The number of aromatic nitrogens is 4. The van der Waals surface area contributed by atoms with Crippen LogP contribution in [-0.2, 0) is 10.8 Å². The molecule has 2 aliphatic carbocycles. The lowest BCUT2D eigenvalue weighted by atomic mass is 9.68. The van der Waals surface area contributed by atoms with E-state index < -0.39 is 0 Å². The summed E-state index contributed by atoms with van der Waals surface area (Å²) < 4.78 is 51.0. The summed E-state index contributed by atoms with van der Waals surface area (Å²) in [6, 6.07) is 13.4. The number of fused-ring (bicyclic) bond motifs is 10. The van der Waals surface area contributed by atoms with Crippen LogP contribution in [0.2, 0.25) is 0 Å². The maximum Gasteiger partial charge on any atom is 0.141 e. The van der Waals surface area contributed by atoms with Gasteiger partial charge in [-0.05, 0) is 121 Å². The quantitative estimate of drug-likeness (QED) is 0.0600. The van der Waals surface area contributed by atoms with Gasteiger partial charge in [-0.15, -0.1) is 22.7 Å². The second kappa shape index (κ2) is 20.5. The van der Waals surface area contributed by atoms with Gasteiger partial charge in [0.1, 0.15) is 33.7 Å². The van der Waals surface area contributed by atoms with Crippen molar-refractivity contribution in [2.45, 2.75) is 181 Å². The Bertz CT molecular complexity index is 2830. The SMILES string of the molecule is CCCCCCC1(CCCCCC)c2cc3c(cc2-c2c1cc(C)c1nsnc21)C(CCCCCC)(CCCCCC)c1cc(-c2cc(F)c(/C=C/c4sc(C)cc4F)s2)c2nsnc2c1-3. The number of rotatable bonds is 23. The smallest absolute Gasteiger partial charge is 0.141 e. The third-order valence-corrected chi connectivity index (χ3v) is 18.2. The molecule has 0 N–H and O–H groups in total. The van der Waals surface area contributed by atoms with E-state index in [1.54, 1.807) is 18.2 Å². The summed E-state index contributed by atoms with van der Waals surface area (Å²) in [5.41, 5.74) is 16.7. The van der Waals surface area contributed by atoms with Gasteiger partial charge in [0.25, 0.3) is 0 Å².